The van der Waals surface area contributed by atoms with Crippen molar-refractivity contribution in [2.24, 2.45) is 0 Å². The quantitative estimate of drug-likeness (QED) is 0.780. The summed E-state index contributed by atoms with van der Waals surface area (Å²) in [7, 11) is 0. The molecule has 0 bridgehead atoms. The summed E-state index contributed by atoms with van der Waals surface area (Å²) in [5, 5.41) is 0. The van der Waals surface area contributed by atoms with Crippen molar-refractivity contribution in [3.05, 3.63) is 47.5 Å². The van der Waals surface area contributed by atoms with Crippen LogP contribution < -0.4 is 4.74 Å². The molecule has 19 heavy (non-hydrogen) atoms. The normalized spacial score (nSPS) is 10.8. The number of nitrogens with zero attached hydrogens (tertiary/aromatic N) is 3. The number of H-pyrrole nitrogens is 1. The molecule has 0 spiro atoms. The van der Waals surface area contributed by atoms with Gasteiger partial charge in [0.15, 0.2) is 5.65 Å². The van der Waals surface area contributed by atoms with E-state index in [-0.39, 0.29) is 0 Å². The second-order valence-corrected chi connectivity index (χ2v) is 4.37. The third kappa shape index (κ3) is 2.40. The molecule has 5 nitrogen and oxygen atoms in total. The molecule has 2 heterocycles. The number of benzene rings is 1. The maximum atomic E-state index is 5.78. The molecule has 96 valence electrons. The number of aryl methyl sites for hydroxylation is 2. The van der Waals surface area contributed by atoms with E-state index in [1.165, 1.54) is 0 Å². The van der Waals surface area contributed by atoms with Crippen LogP contribution in [0.2, 0.25) is 0 Å². The van der Waals surface area contributed by atoms with Crippen LogP contribution in [0.3, 0.4) is 0 Å². The van der Waals surface area contributed by atoms with Crippen LogP contribution in [0.5, 0.6) is 5.88 Å². The minimum Gasteiger partial charge on any atom is -0.471 e. The molecule has 0 unspecified atom stereocenters. The molecule has 3 aromatic rings. The van der Waals surface area contributed by atoms with Gasteiger partial charge in [0.25, 0.3) is 0 Å². The fourth-order valence-electron chi connectivity index (χ4n) is 1.92. The Morgan fingerprint density at radius 2 is 1.84 bits per heavy atom. The Morgan fingerprint density at radius 3 is 2.63 bits per heavy atom. The number of nitrogens with one attached hydrogen (secondary N) is 1. The molecule has 0 radical (unpaired) electrons. The Kier molecular flexibility index (Phi) is 2.87. The molecule has 0 atom stereocenters. The topological polar surface area (TPSA) is 63.7 Å². The Balaban J connectivity index is 1.92. The fraction of sp³-hybridized carbons (Fsp3) is 0.214. The molecule has 0 fully saturated rings. The standard InChI is InChI=1S/C14H14N4O/c1-9-15-12-13(16-9)17-10(2)18-14(12)19-8-11-6-4-3-5-7-11/h3-7H,8H2,1-2H3,(H,15,16,17,18). The van der Waals surface area contributed by atoms with Crippen molar-refractivity contribution in [1.29, 1.82) is 0 Å². The molecule has 2 aromatic heterocycles. The second kappa shape index (κ2) is 4.68. The zero-order valence-corrected chi connectivity index (χ0v) is 10.8. The smallest absolute Gasteiger partial charge is 0.243 e. The third-order valence-corrected chi connectivity index (χ3v) is 2.77. The lowest BCUT2D eigenvalue weighted by molar-refractivity contribution is 0.296. The number of aromatic nitrogens is 4. The van der Waals surface area contributed by atoms with Crippen LogP contribution in [-0.2, 0) is 6.61 Å². The lowest BCUT2D eigenvalue weighted by atomic mass is 10.2. The Morgan fingerprint density at radius 1 is 1.05 bits per heavy atom. The van der Waals surface area contributed by atoms with Crippen LogP contribution in [0, 0.1) is 13.8 Å². The molecule has 3 rings (SSSR count). The van der Waals surface area contributed by atoms with Gasteiger partial charge in [-0.05, 0) is 19.4 Å². The Labute approximate surface area is 110 Å². The second-order valence-electron chi connectivity index (χ2n) is 4.37. The number of hydrogen-bond acceptors (Lipinski definition) is 4. The highest BCUT2D eigenvalue weighted by Gasteiger charge is 2.10. The van der Waals surface area contributed by atoms with E-state index in [1.54, 1.807) is 0 Å². The first-order valence-corrected chi connectivity index (χ1v) is 6.10. The van der Waals surface area contributed by atoms with Gasteiger partial charge in [-0.1, -0.05) is 30.3 Å². The maximum Gasteiger partial charge on any atom is 0.243 e. The van der Waals surface area contributed by atoms with E-state index >= 15 is 0 Å². The number of aromatic amines is 1. The number of imidazole rings is 1. The van der Waals surface area contributed by atoms with E-state index < -0.39 is 0 Å². The molecule has 0 saturated carbocycles. The van der Waals surface area contributed by atoms with E-state index in [0.717, 1.165) is 16.9 Å². The van der Waals surface area contributed by atoms with Crippen LogP contribution in [-0.4, -0.2) is 19.9 Å². The first-order chi connectivity index (χ1) is 9.22. The molecular weight excluding hydrogens is 240 g/mol. The highest BCUT2D eigenvalue weighted by atomic mass is 16.5. The van der Waals surface area contributed by atoms with Gasteiger partial charge < -0.3 is 9.72 Å². The summed E-state index contributed by atoms with van der Waals surface area (Å²) < 4.78 is 5.78. The molecule has 0 aliphatic rings. The summed E-state index contributed by atoms with van der Waals surface area (Å²) in [6.07, 6.45) is 0. The van der Waals surface area contributed by atoms with Crippen molar-refractivity contribution in [3.63, 3.8) is 0 Å². The van der Waals surface area contributed by atoms with Gasteiger partial charge in [-0.25, -0.2) is 9.97 Å². The lowest BCUT2D eigenvalue weighted by Gasteiger charge is -2.06. The number of fused-ring (bicyclic) bond motifs is 1. The molecule has 0 aliphatic carbocycles. The average Bonchev–Trinajstić information content (AvgIpc) is 2.77. The van der Waals surface area contributed by atoms with Gasteiger partial charge >= 0.3 is 0 Å². The molecular formula is C14H14N4O. The van der Waals surface area contributed by atoms with Crippen molar-refractivity contribution >= 4 is 11.2 Å². The SMILES string of the molecule is Cc1nc(OCc2ccccc2)c2[nH]c(C)nc2n1. The summed E-state index contributed by atoms with van der Waals surface area (Å²) in [4.78, 5) is 16.0. The van der Waals surface area contributed by atoms with Gasteiger partial charge in [-0.3, -0.25) is 0 Å². The van der Waals surface area contributed by atoms with Crippen molar-refractivity contribution in [2.45, 2.75) is 20.5 Å². The number of hydrogen-bond donors (Lipinski definition) is 1. The summed E-state index contributed by atoms with van der Waals surface area (Å²) in [5.41, 5.74) is 2.50. The largest absolute Gasteiger partial charge is 0.471 e. The van der Waals surface area contributed by atoms with Gasteiger partial charge in [0.05, 0.1) is 0 Å². The fourth-order valence-corrected chi connectivity index (χ4v) is 1.92. The molecule has 0 aliphatic heterocycles. The summed E-state index contributed by atoms with van der Waals surface area (Å²) in [5.74, 6) is 2.01. The first kappa shape index (κ1) is 11.6. The van der Waals surface area contributed by atoms with Crippen LogP contribution in [0.4, 0.5) is 0 Å². The summed E-state index contributed by atoms with van der Waals surface area (Å²) >= 11 is 0. The summed E-state index contributed by atoms with van der Waals surface area (Å²) in [6, 6.07) is 9.99. The monoisotopic (exact) mass is 254 g/mol. The number of rotatable bonds is 3. The number of ether oxygens (including phenoxy) is 1. The van der Waals surface area contributed by atoms with Gasteiger partial charge in [-0.2, -0.15) is 4.98 Å². The molecule has 5 heteroatoms. The van der Waals surface area contributed by atoms with E-state index in [9.17, 15) is 0 Å². The van der Waals surface area contributed by atoms with Gasteiger partial charge in [0.1, 0.15) is 23.8 Å². The van der Waals surface area contributed by atoms with Crippen molar-refractivity contribution in [1.82, 2.24) is 19.9 Å². The van der Waals surface area contributed by atoms with Crippen LogP contribution in [0.25, 0.3) is 11.2 Å². The van der Waals surface area contributed by atoms with Crippen LogP contribution in [0.15, 0.2) is 30.3 Å². The van der Waals surface area contributed by atoms with E-state index in [4.69, 9.17) is 4.74 Å². The zero-order valence-electron chi connectivity index (χ0n) is 10.8. The third-order valence-electron chi connectivity index (χ3n) is 2.77. The molecule has 0 amide bonds. The highest BCUT2D eigenvalue weighted by Crippen LogP contribution is 2.21. The highest BCUT2D eigenvalue weighted by molar-refractivity contribution is 5.76. The van der Waals surface area contributed by atoms with Crippen molar-refractivity contribution in [2.75, 3.05) is 0 Å². The Hall–Kier alpha value is -2.43. The van der Waals surface area contributed by atoms with Crippen LogP contribution >= 0.6 is 0 Å². The van der Waals surface area contributed by atoms with Gasteiger partial charge in [-0.15, -0.1) is 0 Å². The van der Waals surface area contributed by atoms with Crippen molar-refractivity contribution in [3.8, 4) is 5.88 Å². The maximum absolute atomic E-state index is 5.78. The Bertz CT molecular complexity index is 706. The minimum atomic E-state index is 0.477. The van der Waals surface area contributed by atoms with Crippen LogP contribution in [0.1, 0.15) is 17.2 Å². The first-order valence-electron chi connectivity index (χ1n) is 6.10. The van der Waals surface area contributed by atoms with Gasteiger partial charge in [0.2, 0.25) is 5.88 Å². The van der Waals surface area contributed by atoms with Crippen molar-refractivity contribution < 1.29 is 4.74 Å². The van der Waals surface area contributed by atoms with Gasteiger partial charge in [0, 0.05) is 0 Å². The molecule has 0 saturated heterocycles. The minimum absolute atomic E-state index is 0.477. The van der Waals surface area contributed by atoms with E-state index in [1.807, 2.05) is 44.2 Å². The molecule has 1 aromatic carbocycles. The van der Waals surface area contributed by atoms with E-state index in [0.29, 0.717) is 24.0 Å². The summed E-state index contributed by atoms with van der Waals surface area (Å²) in [6.45, 7) is 4.20. The predicted molar refractivity (Wildman–Crippen MR) is 71.9 cm³/mol. The molecule has 1 N–H and O–H groups in total. The lowest BCUT2D eigenvalue weighted by Crippen LogP contribution is -2.00. The average molecular weight is 254 g/mol. The van der Waals surface area contributed by atoms with E-state index in [2.05, 4.69) is 19.9 Å². The predicted octanol–water partition coefficient (Wildman–Crippen LogP) is 2.55. The zero-order chi connectivity index (χ0) is 13.2.